The molecule has 1 aliphatic rings. The summed E-state index contributed by atoms with van der Waals surface area (Å²) < 4.78 is 0. The van der Waals surface area contributed by atoms with Gasteiger partial charge in [-0.2, -0.15) is 0 Å². The van der Waals surface area contributed by atoms with Crippen molar-refractivity contribution in [1.82, 2.24) is 15.2 Å². The van der Waals surface area contributed by atoms with Crippen molar-refractivity contribution in [2.24, 2.45) is 5.92 Å². The van der Waals surface area contributed by atoms with Crippen LogP contribution in [0.4, 0.5) is 4.79 Å². The average molecular weight is 313 g/mol. The van der Waals surface area contributed by atoms with Crippen LogP contribution in [-0.2, 0) is 6.54 Å². The number of hydrogen-bond donors (Lipinski definition) is 3. The van der Waals surface area contributed by atoms with E-state index >= 15 is 0 Å². The molecule has 116 valence electrons. The number of hydrogen-bond acceptors (Lipinski definition) is 5. The van der Waals surface area contributed by atoms with Gasteiger partial charge >= 0.3 is 12.0 Å². The number of aliphatic hydroxyl groups excluding tert-OH is 1. The van der Waals surface area contributed by atoms with Gasteiger partial charge in [0.05, 0.1) is 12.2 Å². The van der Waals surface area contributed by atoms with E-state index in [1.54, 1.807) is 11.8 Å². The number of likely N-dealkylation sites (tertiary alicyclic amines) is 1. The molecule has 8 heteroatoms. The van der Waals surface area contributed by atoms with Crippen molar-refractivity contribution >= 4 is 23.3 Å². The monoisotopic (exact) mass is 313 g/mol. The van der Waals surface area contributed by atoms with Gasteiger partial charge in [-0.3, -0.25) is 0 Å². The molecule has 21 heavy (non-hydrogen) atoms. The zero-order valence-corrected chi connectivity index (χ0v) is 12.7. The fraction of sp³-hybridized carbons (Fsp3) is 0.615. The normalized spacial score (nSPS) is 16.0. The Labute approximate surface area is 126 Å². The fourth-order valence-electron chi connectivity index (χ4n) is 2.31. The third kappa shape index (κ3) is 3.92. The number of rotatable bonds is 4. The minimum Gasteiger partial charge on any atom is -0.477 e. The average Bonchev–Trinajstić information content (AvgIpc) is 2.86. The minimum absolute atomic E-state index is 0.170. The highest BCUT2D eigenvalue weighted by molar-refractivity contribution is 7.13. The number of carbonyl (C=O) groups excluding carboxylic acids is 1. The molecule has 0 saturated carbocycles. The van der Waals surface area contributed by atoms with Crippen molar-refractivity contribution in [3.63, 3.8) is 0 Å². The number of aryl methyl sites for hydroxylation is 1. The number of carbonyl (C=O) groups is 2. The van der Waals surface area contributed by atoms with Crippen LogP contribution in [0.5, 0.6) is 0 Å². The van der Waals surface area contributed by atoms with E-state index in [0.717, 1.165) is 24.2 Å². The molecular weight excluding hydrogens is 294 g/mol. The molecule has 7 nitrogen and oxygen atoms in total. The molecule has 3 N–H and O–H groups in total. The number of nitrogens with zero attached hydrogens (tertiary/aromatic N) is 2. The summed E-state index contributed by atoms with van der Waals surface area (Å²) >= 11 is 1.08. The van der Waals surface area contributed by atoms with Crippen LogP contribution in [-0.4, -0.2) is 51.8 Å². The second-order valence-electron chi connectivity index (χ2n) is 5.10. The Balaban J connectivity index is 1.84. The number of amides is 2. The molecule has 0 spiro atoms. The lowest BCUT2D eigenvalue weighted by Gasteiger charge is -2.31. The van der Waals surface area contributed by atoms with Crippen LogP contribution in [0.3, 0.4) is 0 Å². The molecular formula is C13H19N3O4S. The largest absolute Gasteiger partial charge is 0.477 e. The van der Waals surface area contributed by atoms with Gasteiger partial charge in [-0.15, -0.1) is 11.3 Å². The number of carboxylic acids is 1. The first-order valence-corrected chi connectivity index (χ1v) is 7.66. The van der Waals surface area contributed by atoms with Crippen molar-refractivity contribution in [1.29, 1.82) is 0 Å². The van der Waals surface area contributed by atoms with E-state index in [1.165, 1.54) is 0 Å². The van der Waals surface area contributed by atoms with Gasteiger partial charge in [0.2, 0.25) is 0 Å². The number of piperidine rings is 1. The molecule has 1 saturated heterocycles. The molecule has 0 aliphatic carbocycles. The standard InChI is InChI=1S/C13H19N3O4S/c1-8-11(12(18)19)21-10(15-8)6-14-13(20)16-4-2-9(7-17)3-5-16/h9,17H,2-7H2,1H3,(H,14,20)(H,18,19). The Hall–Kier alpha value is -1.67. The Kier molecular flexibility index (Phi) is 5.13. The Morgan fingerprint density at radius 2 is 2.10 bits per heavy atom. The molecule has 2 heterocycles. The molecule has 0 aromatic carbocycles. The van der Waals surface area contributed by atoms with E-state index in [2.05, 4.69) is 10.3 Å². The van der Waals surface area contributed by atoms with Gasteiger partial charge in [-0.1, -0.05) is 0 Å². The topological polar surface area (TPSA) is 103 Å². The molecule has 2 rings (SSSR count). The number of thiazole rings is 1. The van der Waals surface area contributed by atoms with E-state index in [-0.39, 0.29) is 30.0 Å². The summed E-state index contributed by atoms with van der Waals surface area (Å²) in [6.07, 6.45) is 1.62. The zero-order chi connectivity index (χ0) is 15.4. The second-order valence-corrected chi connectivity index (χ2v) is 6.18. The van der Waals surface area contributed by atoms with E-state index < -0.39 is 5.97 Å². The highest BCUT2D eigenvalue weighted by atomic mass is 32.1. The van der Waals surface area contributed by atoms with Crippen molar-refractivity contribution in [3.8, 4) is 0 Å². The summed E-state index contributed by atoms with van der Waals surface area (Å²) in [5.41, 5.74) is 0.473. The Morgan fingerprint density at radius 3 is 2.62 bits per heavy atom. The highest BCUT2D eigenvalue weighted by Gasteiger charge is 2.22. The number of urea groups is 1. The summed E-state index contributed by atoms with van der Waals surface area (Å²) in [6.45, 7) is 3.32. The van der Waals surface area contributed by atoms with Crippen LogP contribution in [0.15, 0.2) is 0 Å². The first kappa shape index (κ1) is 15.7. The van der Waals surface area contributed by atoms with Crippen LogP contribution in [0.25, 0.3) is 0 Å². The fourth-order valence-corrected chi connectivity index (χ4v) is 3.15. The van der Waals surface area contributed by atoms with Gasteiger partial charge in [0, 0.05) is 19.7 Å². The smallest absolute Gasteiger partial charge is 0.347 e. The summed E-state index contributed by atoms with van der Waals surface area (Å²) in [6, 6.07) is -0.170. The van der Waals surface area contributed by atoms with Gasteiger partial charge in [0.1, 0.15) is 9.88 Å². The molecule has 1 aromatic rings. The SMILES string of the molecule is Cc1nc(CNC(=O)N2CCC(CO)CC2)sc1C(=O)O. The molecule has 0 unspecified atom stereocenters. The quantitative estimate of drug-likeness (QED) is 0.771. The lowest BCUT2D eigenvalue weighted by Crippen LogP contribution is -2.44. The van der Waals surface area contributed by atoms with Crippen LogP contribution >= 0.6 is 11.3 Å². The highest BCUT2D eigenvalue weighted by Crippen LogP contribution is 2.19. The van der Waals surface area contributed by atoms with Gasteiger partial charge in [-0.05, 0) is 25.7 Å². The number of aliphatic hydroxyl groups is 1. The Morgan fingerprint density at radius 1 is 1.43 bits per heavy atom. The molecule has 0 radical (unpaired) electrons. The van der Waals surface area contributed by atoms with E-state index in [4.69, 9.17) is 10.2 Å². The van der Waals surface area contributed by atoms with E-state index in [1.807, 2.05) is 0 Å². The molecule has 1 aromatic heterocycles. The number of carboxylic acid groups (broad SMARTS) is 1. The zero-order valence-electron chi connectivity index (χ0n) is 11.8. The third-order valence-corrected chi connectivity index (χ3v) is 4.73. The van der Waals surface area contributed by atoms with E-state index in [0.29, 0.717) is 23.8 Å². The number of aromatic nitrogens is 1. The molecule has 2 amide bonds. The van der Waals surface area contributed by atoms with Crippen LogP contribution in [0.2, 0.25) is 0 Å². The van der Waals surface area contributed by atoms with E-state index in [9.17, 15) is 9.59 Å². The maximum absolute atomic E-state index is 12.0. The second kappa shape index (κ2) is 6.86. The lowest BCUT2D eigenvalue weighted by molar-refractivity contribution is 0.0701. The van der Waals surface area contributed by atoms with Gasteiger partial charge in [0.25, 0.3) is 0 Å². The molecule has 0 atom stereocenters. The van der Waals surface area contributed by atoms with Crippen molar-refractivity contribution < 1.29 is 19.8 Å². The number of nitrogens with one attached hydrogen (secondary N) is 1. The van der Waals surface area contributed by atoms with Crippen molar-refractivity contribution in [2.75, 3.05) is 19.7 Å². The lowest BCUT2D eigenvalue weighted by atomic mass is 9.98. The number of aromatic carboxylic acids is 1. The van der Waals surface area contributed by atoms with Gasteiger partial charge in [0.15, 0.2) is 0 Å². The molecule has 1 fully saturated rings. The predicted octanol–water partition coefficient (Wildman–Crippen LogP) is 1.06. The first-order chi connectivity index (χ1) is 10.0. The minimum atomic E-state index is -0.992. The summed E-state index contributed by atoms with van der Waals surface area (Å²) in [7, 11) is 0. The molecule has 1 aliphatic heterocycles. The molecule has 0 bridgehead atoms. The van der Waals surface area contributed by atoms with Gasteiger partial charge < -0.3 is 20.4 Å². The van der Waals surface area contributed by atoms with Crippen molar-refractivity contribution in [3.05, 3.63) is 15.6 Å². The Bertz CT molecular complexity index is 523. The maximum Gasteiger partial charge on any atom is 0.347 e. The predicted molar refractivity (Wildman–Crippen MR) is 77.4 cm³/mol. The third-order valence-electron chi connectivity index (χ3n) is 3.59. The summed E-state index contributed by atoms with van der Waals surface area (Å²) in [5.74, 6) is -0.706. The van der Waals surface area contributed by atoms with Gasteiger partial charge in [-0.25, -0.2) is 14.6 Å². The van der Waals surface area contributed by atoms with Crippen molar-refractivity contribution in [2.45, 2.75) is 26.3 Å². The van der Waals surface area contributed by atoms with Crippen LogP contribution in [0.1, 0.15) is 33.2 Å². The summed E-state index contributed by atoms with van der Waals surface area (Å²) in [4.78, 5) is 29.0. The summed E-state index contributed by atoms with van der Waals surface area (Å²) in [5, 5.41) is 21.4. The van der Waals surface area contributed by atoms with Crippen LogP contribution in [0, 0.1) is 12.8 Å². The maximum atomic E-state index is 12.0. The van der Waals surface area contributed by atoms with Crippen LogP contribution < -0.4 is 5.32 Å². The first-order valence-electron chi connectivity index (χ1n) is 6.84.